The lowest BCUT2D eigenvalue weighted by atomic mass is 9.56. The van der Waals surface area contributed by atoms with Crippen molar-refractivity contribution in [3.05, 3.63) is 23.8 Å². The highest BCUT2D eigenvalue weighted by Gasteiger charge is 2.53. The van der Waals surface area contributed by atoms with Gasteiger partial charge in [0.1, 0.15) is 6.61 Å². The highest BCUT2D eigenvalue weighted by molar-refractivity contribution is 5.67. The molecule has 2 aliphatic carbocycles. The molecule has 4 heteroatoms. The Hall–Kier alpha value is -1.29. The first-order valence-electron chi connectivity index (χ1n) is 10.3. The first-order chi connectivity index (χ1) is 12.5. The van der Waals surface area contributed by atoms with Crippen LogP contribution in [0.1, 0.15) is 59.8 Å². The Balaban J connectivity index is 1.66. The van der Waals surface area contributed by atoms with E-state index in [2.05, 4.69) is 44.3 Å². The van der Waals surface area contributed by atoms with Crippen LogP contribution in [-0.2, 0) is 9.47 Å². The highest BCUT2D eigenvalue weighted by Crippen LogP contribution is 2.52. The van der Waals surface area contributed by atoms with Crippen molar-refractivity contribution in [2.75, 3.05) is 13.2 Å². The molecular weight excluding hydrogens is 326 g/mol. The Morgan fingerprint density at radius 2 is 2.08 bits per heavy atom. The van der Waals surface area contributed by atoms with Crippen molar-refractivity contribution in [3.8, 4) is 0 Å². The van der Waals surface area contributed by atoms with E-state index in [4.69, 9.17) is 9.47 Å². The Kier molecular flexibility index (Phi) is 6.11. The van der Waals surface area contributed by atoms with Gasteiger partial charge in [-0.1, -0.05) is 56.9 Å². The van der Waals surface area contributed by atoms with Gasteiger partial charge in [-0.05, 0) is 38.5 Å². The second-order valence-electron chi connectivity index (χ2n) is 8.60. The molecule has 26 heavy (non-hydrogen) atoms. The van der Waals surface area contributed by atoms with Gasteiger partial charge in [-0.25, -0.2) is 4.79 Å². The molecule has 3 rings (SSSR count). The summed E-state index contributed by atoms with van der Waals surface area (Å²) in [5.41, 5.74) is 1.27. The summed E-state index contributed by atoms with van der Waals surface area (Å²) in [5.74, 6) is 1.11. The first-order valence-corrected chi connectivity index (χ1v) is 10.3. The second kappa shape index (κ2) is 8.16. The molecule has 0 radical (unpaired) electrons. The van der Waals surface area contributed by atoms with Gasteiger partial charge in [-0.3, -0.25) is 0 Å². The fourth-order valence-corrected chi connectivity index (χ4v) is 5.32. The molecule has 146 valence electrons. The normalized spacial score (nSPS) is 38.1. The molecule has 1 saturated carbocycles. The molecule has 1 N–H and O–H groups in total. The van der Waals surface area contributed by atoms with E-state index in [1.165, 1.54) is 24.8 Å². The van der Waals surface area contributed by atoms with Gasteiger partial charge < -0.3 is 14.8 Å². The molecule has 0 unspecified atom stereocenters. The van der Waals surface area contributed by atoms with Gasteiger partial charge >= 0.3 is 6.09 Å². The lowest BCUT2D eigenvalue weighted by molar-refractivity contribution is -0.149. The predicted octanol–water partition coefficient (Wildman–Crippen LogP) is 4.85. The van der Waals surface area contributed by atoms with Gasteiger partial charge in [0, 0.05) is 17.4 Å². The van der Waals surface area contributed by atoms with Crippen LogP contribution < -0.4 is 5.32 Å². The number of alkyl carbamates (subject to hydrolysis) is 1. The van der Waals surface area contributed by atoms with Crippen LogP contribution >= 0.6 is 0 Å². The number of rotatable bonds is 4. The van der Waals surface area contributed by atoms with E-state index in [-0.39, 0.29) is 23.7 Å². The SMILES string of the molecule is C/C=C/[C@H]1OC[C@@]2(COC(=O)NC3CCCCC3)[C@@H](C)C=C(C)[C@H]1[C@@H]2C. The molecule has 1 heterocycles. The summed E-state index contributed by atoms with van der Waals surface area (Å²) >= 11 is 0. The van der Waals surface area contributed by atoms with Gasteiger partial charge in [-0.15, -0.1) is 0 Å². The van der Waals surface area contributed by atoms with Crippen LogP contribution in [0.3, 0.4) is 0 Å². The smallest absolute Gasteiger partial charge is 0.407 e. The van der Waals surface area contributed by atoms with Crippen LogP contribution in [0.25, 0.3) is 0 Å². The van der Waals surface area contributed by atoms with Gasteiger partial charge in [0.25, 0.3) is 0 Å². The molecule has 5 atom stereocenters. The fraction of sp³-hybridized carbons (Fsp3) is 0.773. The highest BCUT2D eigenvalue weighted by atomic mass is 16.6. The number of hydrogen-bond donors (Lipinski definition) is 1. The van der Waals surface area contributed by atoms with E-state index in [9.17, 15) is 4.79 Å². The predicted molar refractivity (Wildman–Crippen MR) is 104 cm³/mol. The minimum Gasteiger partial charge on any atom is -0.449 e. The molecule has 2 fully saturated rings. The molecule has 1 amide bonds. The van der Waals surface area contributed by atoms with E-state index in [1.54, 1.807) is 0 Å². The molecule has 1 aliphatic heterocycles. The maximum atomic E-state index is 12.4. The number of nitrogens with one attached hydrogen (secondary N) is 1. The average molecular weight is 362 g/mol. The maximum Gasteiger partial charge on any atom is 0.407 e. The minimum atomic E-state index is -0.260. The summed E-state index contributed by atoms with van der Waals surface area (Å²) < 4.78 is 12.0. The Labute approximate surface area is 158 Å². The summed E-state index contributed by atoms with van der Waals surface area (Å²) in [6.45, 7) is 9.86. The summed E-state index contributed by atoms with van der Waals surface area (Å²) in [5, 5.41) is 3.07. The molecule has 1 saturated heterocycles. The van der Waals surface area contributed by atoms with Crippen molar-refractivity contribution in [1.29, 1.82) is 0 Å². The van der Waals surface area contributed by atoms with Crippen molar-refractivity contribution < 1.29 is 14.3 Å². The third kappa shape index (κ3) is 3.71. The Bertz CT molecular complexity index is 564. The molecule has 3 aliphatic rings. The largest absolute Gasteiger partial charge is 0.449 e. The van der Waals surface area contributed by atoms with Crippen LogP contribution in [0, 0.1) is 23.2 Å². The topological polar surface area (TPSA) is 47.6 Å². The molecule has 0 aromatic rings. The standard InChI is InChI=1S/C22H35NO3/c1-5-9-19-20-15(2)12-16(3)22(13-25-19,17(20)4)14-26-21(24)23-18-10-7-6-8-11-18/h5,9,12,16-20H,6-8,10-11,13-14H2,1-4H3,(H,23,24)/b9-5+/t16-,17-,19+,20-,22+/m0/s1. The van der Waals surface area contributed by atoms with Crippen molar-refractivity contribution in [3.63, 3.8) is 0 Å². The van der Waals surface area contributed by atoms with E-state index in [0.717, 1.165) is 12.8 Å². The summed E-state index contributed by atoms with van der Waals surface area (Å²) in [7, 11) is 0. The van der Waals surface area contributed by atoms with Crippen molar-refractivity contribution in [1.82, 2.24) is 5.32 Å². The third-order valence-electron chi connectivity index (χ3n) is 7.07. The van der Waals surface area contributed by atoms with Gasteiger partial charge in [0.05, 0.1) is 12.7 Å². The van der Waals surface area contributed by atoms with Crippen molar-refractivity contribution >= 4 is 6.09 Å². The van der Waals surface area contributed by atoms with Crippen LogP contribution in [0.5, 0.6) is 0 Å². The first kappa shape index (κ1) is 19.5. The van der Waals surface area contributed by atoms with E-state index >= 15 is 0 Å². The fourth-order valence-electron chi connectivity index (χ4n) is 5.32. The zero-order valence-electron chi connectivity index (χ0n) is 16.8. The van der Waals surface area contributed by atoms with Gasteiger partial charge in [-0.2, -0.15) is 0 Å². The molecule has 0 aromatic heterocycles. The second-order valence-corrected chi connectivity index (χ2v) is 8.60. The number of fused-ring (bicyclic) bond motifs is 2. The zero-order valence-corrected chi connectivity index (χ0v) is 16.8. The summed E-state index contributed by atoms with van der Waals surface area (Å²) in [4.78, 5) is 12.4. The molecule has 0 aromatic carbocycles. The molecular formula is C22H35NO3. The lowest BCUT2D eigenvalue weighted by Crippen LogP contribution is -2.56. The number of carbonyl (C=O) groups is 1. The number of amides is 1. The van der Waals surface area contributed by atoms with E-state index in [1.807, 2.05) is 6.92 Å². The van der Waals surface area contributed by atoms with Crippen LogP contribution in [0.4, 0.5) is 4.79 Å². The quantitative estimate of drug-likeness (QED) is 0.728. The summed E-state index contributed by atoms with van der Waals surface area (Å²) in [6.07, 6.45) is 12.3. The summed E-state index contributed by atoms with van der Waals surface area (Å²) in [6, 6.07) is 0.284. The van der Waals surface area contributed by atoms with Crippen molar-refractivity contribution in [2.45, 2.75) is 71.9 Å². The third-order valence-corrected chi connectivity index (χ3v) is 7.07. The van der Waals surface area contributed by atoms with Crippen molar-refractivity contribution in [2.24, 2.45) is 23.2 Å². The number of carbonyl (C=O) groups excluding carboxylic acids is 1. The van der Waals surface area contributed by atoms with Crippen LogP contribution in [0.2, 0.25) is 0 Å². The number of ether oxygens (including phenoxy) is 2. The monoisotopic (exact) mass is 361 g/mol. The van der Waals surface area contributed by atoms with Crippen LogP contribution in [0.15, 0.2) is 23.8 Å². The maximum absolute atomic E-state index is 12.4. The molecule has 2 bridgehead atoms. The molecule has 4 nitrogen and oxygen atoms in total. The Morgan fingerprint density at radius 1 is 1.35 bits per heavy atom. The van der Waals surface area contributed by atoms with Crippen LogP contribution in [-0.4, -0.2) is 31.5 Å². The van der Waals surface area contributed by atoms with E-state index < -0.39 is 0 Å². The number of allylic oxidation sites excluding steroid dienone is 2. The number of hydrogen-bond acceptors (Lipinski definition) is 3. The van der Waals surface area contributed by atoms with Gasteiger partial charge in [0.2, 0.25) is 0 Å². The molecule has 0 spiro atoms. The van der Waals surface area contributed by atoms with E-state index in [0.29, 0.717) is 31.0 Å². The Morgan fingerprint density at radius 3 is 2.77 bits per heavy atom. The lowest BCUT2D eigenvalue weighted by Gasteiger charge is -2.54. The van der Waals surface area contributed by atoms with Gasteiger partial charge in [0.15, 0.2) is 0 Å². The minimum absolute atomic E-state index is 0.128. The zero-order chi connectivity index (χ0) is 18.7. The average Bonchev–Trinajstić information content (AvgIpc) is 2.61.